The third-order valence-electron chi connectivity index (χ3n) is 4.65. The number of nitrogens with one attached hydrogen (secondary N) is 1. The fourth-order valence-electron chi connectivity index (χ4n) is 3.46. The lowest BCUT2D eigenvalue weighted by molar-refractivity contribution is 0.156. The van der Waals surface area contributed by atoms with Crippen LogP contribution in [0, 0.1) is 0 Å². The summed E-state index contributed by atoms with van der Waals surface area (Å²) in [6.45, 7) is 6.20. The largest absolute Gasteiger partial charge is 0.314 e. The minimum atomic E-state index is 0.767. The molecule has 2 fully saturated rings. The maximum atomic E-state index is 3.68. The maximum absolute atomic E-state index is 3.68. The highest BCUT2D eigenvalue weighted by Crippen LogP contribution is 2.23. The number of hydrogen-bond donors (Lipinski definition) is 1. The molecule has 17 heavy (non-hydrogen) atoms. The second-order valence-electron chi connectivity index (χ2n) is 5.88. The van der Waals surface area contributed by atoms with Crippen molar-refractivity contribution in [3.05, 3.63) is 0 Å². The predicted octanol–water partition coefficient (Wildman–Crippen LogP) is 3.17. The van der Waals surface area contributed by atoms with Gasteiger partial charge >= 0.3 is 0 Å². The molecule has 0 aromatic rings. The van der Waals surface area contributed by atoms with E-state index in [-0.39, 0.29) is 0 Å². The molecule has 1 unspecified atom stereocenters. The molecule has 0 spiro atoms. The van der Waals surface area contributed by atoms with Crippen LogP contribution in [-0.2, 0) is 0 Å². The van der Waals surface area contributed by atoms with Gasteiger partial charge < -0.3 is 10.2 Å². The highest BCUT2D eigenvalue weighted by molar-refractivity contribution is 4.79. The molecule has 2 rings (SSSR count). The number of hydrogen-bond acceptors (Lipinski definition) is 2. The molecule has 0 amide bonds. The lowest BCUT2D eigenvalue weighted by atomic mass is 10.0. The summed E-state index contributed by atoms with van der Waals surface area (Å²) in [5.41, 5.74) is 0. The van der Waals surface area contributed by atoms with Gasteiger partial charge in [-0.3, -0.25) is 0 Å². The van der Waals surface area contributed by atoms with E-state index in [0.717, 1.165) is 12.1 Å². The highest BCUT2D eigenvalue weighted by atomic mass is 15.2. The smallest absolute Gasteiger partial charge is 0.00952 e. The minimum Gasteiger partial charge on any atom is -0.314 e. The van der Waals surface area contributed by atoms with Gasteiger partial charge in [0.1, 0.15) is 0 Å². The van der Waals surface area contributed by atoms with Crippen molar-refractivity contribution in [3.63, 3.8) is 0 Å². The van der Waals surface area contributed by atoms with Gasteiger partial charge in [0.05, 0.1) is 0 Å². The zero-order chi connectivity index (χ0) is 11.9. The lowest BCUT2D eigenvalue weighted by Crippen LogP contribution is -2.43. The Bertz CT molecular complexity index is 197. The molecule has 100 valence electrons. The topological polar surface area (TPSA) is 15.3 Å². The maximum Gasteiger partial charge on any atom is 0.00952 e. The van der Waals surface area contributed by atoms with Crippen molar-refractivity contribution in [2.45, 2.75) is 76.8 Å². The SMILES string of the molecule is CCC1CCN(C2CCCCCC2)CCCN1. The van der Waals surface area contributed by atoms with E-state index < -0.39 is 0 Å². The summed E-state index contributed by atoms with van der Waals surface area (Å²) in [6.07, 6.45) is 12.8. The molecule has 0 radical (unpaired) electrons. The van der Waals surface area contributed by atoms with E-state index in [2.05, 4.69) is 17.1 Å². The third-order valence-corrected chi connectivity index (χ3v) is 4.65. The van der Waals surface area contributed by atoms with Crippen LogP contribution < -0.4 is 5.32 Å². The molecule has 1 aliphatic heterocycles. The first-order valence-corrected chi connectivity index (χ1v) is 7.87. The summed E-state index contributed by atoms with van der Waals surface area (Å²) < 4.78 is 0. The first-order chi connectivity index (χ1) is 8.40. The molecule has 2 nitrogen and oxygen atoms in total. The molecule has 1 N–H and O–H groups in total. The monoisotopic (exact) mass is 238 g/mol. The molecule has 1 aliphatic carbocycles. The van der Waals surface area contributed by atoms with Gasteiger partial charge in [-0.25, -0.2) is 0 Å². The molecule has 1 saturated carbocycles. The van der Waals surface area contributed by atoms with E-state index in [0.29, 0.717) is 0 Å². The van der Waals surface area contributed by atoms with Crippen molar-refractivity contribution in [2.24, 2.45) is 0 Å². The van der Waals surface area contributed by atoms with Crippen LogP contribution in [0.4, 0.5) is 0 Å². The van der Waals surface area contributed by atoms with E-state index in [1.54, 1.807) is 0 Å². The molecule has 0 aromatic carbocycles. The van der Waals surface area contributed by atoms with Crippen LogP contribution in [0.25, 0.3) is 0 Å². The molecule has 1 saturated heterocycles. The molecule has 1 atom stereocenters. The van der Waals surface area contributed by atoms with Gasteiger partial charge in [0.2, 0.25) is 0 Å². The fourth-order valence-corrected chi connectivity index (χ4v) is 3.46. The molecular formula is C15H30N2. The second-order valence-corrected chi connectivity index (χ2v) is 5.88. The van der Waals surface area contributed by atoms with E-state index in [1.165, 1.54) is 77.4 Å². The zero-order valence-electron chi connectivity index (χ0n) is 11.6. The Labute approximate surface area is 107 Å². The molecular weight excluding hydrogens is 208 g/mol. The van der Waals surface area contributed by atoms with Gasteiger partial charge in [-0.15, -0.1) is 0 Å². The molecule has 0 bridgehead atoms. The summed E-state index contributed by atoms with van der Waals surface area (Å²) in [5.74, 6) is 0. The second kappa shape index (κ2) is 7.38. The summed E-state index contributed by atoms with van der Waals surface area (Å²) in [6, 6.07) is 1.68. The Kier molecular flexibility index (Phi) is 5.79. The van der Waals surface area contributed by atoms with E-state index in [1.807, 2.05) is 0 Å². The van der Waals surface area contributed by atoms with E-state index in [9.17, 15) is 0 Å². The molecule has 2 heteroatoms. The number of nitrogens with zero attached hydrogens (tertiary/aromatic N) is 1. The van der Waals surface area contributed by atoms with Gasteiger partial charge in [-0.05, 0) is 51.7 Å². The van der Waals surface area contributed by atoms with Crippen LogP contribution in [-0.4, -0.2) is 36.6 Å². The van der Waals surface area contributed by atoms with Crippen LogP contribution in [0.3, 0.4) is 0 Å². The average molecular weight is 238 g/mol. The van der Waals surface area contributed by atoms with Gasteiger partial charge in [0, 0.05) is 12.1 Å². The van der Waals surface area contributed by atoms with Gasteiger partial charge in [-0.2, -0.15) is 0 Å². The Balaban J connectivity index is 1.84. The lowest BCUT2D eigenvalue weighted by Gasteiger charge is -2.34. The number of rotatable bonds is 2. The zero-order valence-corrected chi connectivity index (χ0v) is 11.6. The van der Waals surface area contributed by atoms with Crippen LogP contribution >= 0.6 is 0 Å². The van der Waals surface area contributed by atoms with Gasteiger partial charge in [-0.1, -0.05) is 32.6 Å². The molecule has 2 aliphatic rings. The van der Waals surface area contributed by atoms with Crippen LogP contribution in [0.5, 0.6) is 0 Å². The molecule has 1 heterocycles. The highest BCUT2D eigenvalue weighted by Gasteiger charge is 2.21. The van der Waals surface area contributed by atoms with Crippen molar-refractivity contribution in [3.8, 4) is 0 Å². The Morgan fingerprint density at radius 1 is 0.941 bits per heavy atom. The first-order valence-electron chi connectivity index (χ1n) is 7.87. The quantitative estimate of drug-likeness (QED) is 0.743. The van der Waals surface area contributed by atoms with Crippen molar-refractivity contribution in [2.75, 3.05) is 19.6 Å². The summed E-state index contributed by atoms with van der Waals surface area (Å²) in [5, 5.41) is 3.68. The van der Waals surface area contributed by atoms with Gasteiger partial charge in [0.25, 0.3) is 0 Å². The van der Waals surface area contributed by atoms with E-state index in [4.69, 9.17) is 0 Å². The van der Waals surface area contributed by atoms with Crippen LogP contribution in [0.2, 0.25) is 0 Å². The van der Waals surface area contributed by atoms with Crippen molar-refractivity contribution in [1.82, 2.24) is 10.2 Å². The first kappa shape index (κ1) is 13.4. The summed E-state index contributed by atoms with van der Waals surface area (Å²) in [7, 11) is 0. The standard InChI is InChI=1S/C15H30N2/c1-2-14-10-13-17(12-7-11-16-14)15-8-5-3-4-6-9-15/h14-16H,2-13H2,1H3. The molecule has 0 aromatic heterocycles. The van der Waals surface area contributed by atoms with Crippen LogP contribution in [0.15, 0.2) is 0 Å². The fraction of sp³-hybridized carbons (Fsp3) is 1.00. The van der Waals surface area contributed by atoms with Crippen molar-refractivity contribution in [1.29, 1.82) is 0 Å². The Morgan fingerprint density at radius 2 is 1.71 bits per heavy atom. The minimum absolute atomic E-state index is 0.767. The third kappa shape index (κ3) is 4.26. The Hall–Kier alpha value is -0.0800. The van der Waals surface area contributed by atoms with E-state index >= 15 is 0 Å². The Morgan fingerprint density at radius 3 is 2.41 bits per heavy atom. The van der Waals surface area contributed by atoms with Crippen molar-refractivity contribution >= 4 is 0 Å². The summed E-state index contributed by atoms with van der Waals surface area (Å²) >= 11 is 0. The van der Waals surface area contributed by atoms with Crippen molar-refractivity contribution < 1.29 is 0 Å². The van der Waals surface area contributed by atoms with Crippen LogP contribution in [0.1, 0.15) is 64.7 Å². The summed E-state index contributed by atoms with van der Waals surface area (Å²) in [4.78, 5) is 2.81. The predicted molar refractivity (Wildman–Crippen MR) is 74.4 cm³/mol. The average Bonchev–Trinajstić information content (AvgIpc) is 2.58. The van der Waals surface area contributed by atoms with Gasteiger partial charge in [0.15, 0.2) is 0 Å². The normalized spacial score (nSPS) is 30.5.